The zero-order valence-electron chi connectivity index (χ0n) is 19.7. The van der Waals surface area contributed by atoms with Crippen molar-refractivity contribution in [1.29, 1.82) is 0 Å². The fourth-order valence-electron chi connectivity index (χ4n) is 6.47. The Morgan fingerprint density at radius 2 is 1.52 bits per heavy atom. The number of alkyl halides is 3. The number of rotatable bonds is 5. The molecule has 0 unspecified atom stereocenters. The van der Waals surface area contributed by atoms with Crippen molar-refractivity contribution in [2.75, 3.05) is 6.54 Å². The predicted molar refractivity (Wildman–Crippen MR) is 127 cm³/mol. The molecule has 180 valence electrons. The molecule has 0 amide bonds. The molecule has 2 aromatic rings. The van der Waals surface area contributed by atoms with Crippen LogP contribution in [0, 0.1) is 5.92 Å². The fraction of sp³-hybridized carbons (Fsp3) is 0.643. The molecule has 2 aliphatic heterocycles. The Balaban J connectivity index is 1.40. The van der Waals surface area contributed by atoms with Gasteiger partial charge in [0.1, 0.15) is 11.3 Å². The summed E-state index contributed by atoms with van der Waals surface area (Å²) in [5.74, 6) is 0.628. The van der Waals surface area contributed by atoms with E-state index in [4.69, 9.17) is 4.74 Å². The summed E-state index contributed by atoms with van der Waals surface area (Å²) in [6.45, 7) is 3.14. The predicted octanol–water partition coefficient (Wildman–Crippen LogP) is 7.77. The van der Waals surface area contributed by atoms with Crippen LogP contribution in [0.2, 0.25) is 0 Å². The molecule has 0 N–H and O–H groups in total. The molecule has 0 atom stereocenters. The van der Waals surface area contributed by atoms with Crippen molar-refractivity contribution >= 4 is 10.8 Å². The van der Waals surface area contributed by atoms with Crippen LogP contribution in [0.25, 0.3) is 10.8 Å². The van der Waals surface area contributed by atoms with Crippen LogP contribution in [-0.4, -0.2) is 29.6 Å². The minimum atomic E-state index is -4.45. The Kier molecular flexibility index (Phi) is 6.61. The Morgan fingerprint density at radius 1 is 0.879 bits per heavy atom. The van der Waals surface area contributed by atoms with Gasteiger partial charge in [-0.1, -0.05) is 44.0 Å². The van der Waals surface area contributed by atoms with Gasteiger partial charge in [-0.25, -0.2) is 0 Å². The molecule has 2 heterocycles. The van der Waals surface area contributed by atoms with Crippen molar-refractivity contribution in [3.8, 4) is 5.75 Å². The van der Waals surface area contributed by atoms with Gasteiger partial charge in [-0.05, 0) is 86.1 Å². The second-order valence-electron chi connectivity index (χ2n) is 10.6. The third kappa shape index (κ3) is 5.03. The maximum Gasteiger partial charge on any atom is 0.420 e. The van der Waals surface area contributed by atoms with Crippen LogP contribution in [0.3, 0.4) is 0 Å². The average Bonchev–Trinajstić information content (AvgIpc) is 2.77. The summed E-state index contributed by atoms with van der Waals surface area (Å²) in [7, 11) is 0. The van der Waals surface area contributed by atoms with Crippen molar-refractivity contribution in [2.24, 2.45) is 5.92 Å². The van der Waals surface area contributed by atoms with E-state index in [1.54, 1.807) is 12.1 Å². The van der Waals surface area contributed by atoms with Gasteiger partial charge in [0.15, 0.2) is 0 Å². The van der Waals surface area contributed by atoms with E-state index in [2.05, 4.69) is 11.8 Å². The molecule has 2 nitrogen and oxygen atoms in total. The first-order chi connectivity index (χ1) is 15.9. The molecule has 2 bridgehead atoms. The third-order valence-electron chi connectivity index (χ3n) is 8.33. The molecule has 0 radical (unpaired) electrons. The molecule has 5 rings (SSSR count). The maximum atomic E-state index is 14.3. The van der Waals surface area contributed by atoms with Crippen molar-refractivity contribution in [2.45, 2.75) is 102 Å². The molecule has 33 heavy (non-hydrogen) atoms. The summed E-state index contributed by atoms with van der Waals surface area (Å²) in [5, 5.41) is 0.908. The minimum absolute atomic E-state index is 0.00253. The third-order valence-corrected chi connectivity index (χ3v) is 8.33. The van der Waals surface area contributed by atoms with Gasteiger partial charge >= 0.3 is 6.18 Å². The largest absolute Gasteiger partial charge is 0.490 e. The second-order valence-corrected chi connectivity index (χ2v) is 10.6. The molecular weight excluding hydrogens is 423 g/mol. The van der Waals surface area contributed by atoms with E-state index in [1.807, 2.05) is 12.1 Å². The highest BCUT2D eigenvalue weighted by molar-refractivity contribution is 5.89. The van der Waals surface area contributed by atoms with Crippen molar-refractivity contribution in [1.82, 2.24) is 4.90 Å². The van der Waals surface area contributed by atoms with E-state index in [0.717, 1.165) is 44.2 Å². The summed E-state index contributed by atoms with van der Waals surface area (Å²) >= 11 is 0. The van der Waals surface area contributed by atoms with Crippen LogP contribution in [0.4, 0.5) is 13.2 Å². The lowest BCUT2D eigenvalue weighted by atomic mass is 9.84. The number of nitrogens with zero attached hydrogens (tertiary/aromatic N) is 1. The van der Waals surface area contributed by atoms with E-state index in [-0.39, 0.29) is 17.2 Å². The van der Waals surface area contributed by atoms with E-state index in [1.165, 1.54) is 44.6 Å². The lowest BCUT2D eigenvalue weighted by Crippen LogP contribution is -2.50. The molecule has 3 aliphatic rings. The summed E-state index contributed by atoms with van der Waals surface area (Å²) < 4.78 is 48.8. The first kappa shape index (κ1) is 23.0. The summed E-state index contributed by atoms with van der Waals surface area (Å²) in [5.41, 5.74) is 0.385. The van der Waals surface area contributed by atoms with Gasteiger partial charge in [0, 0.05) is 18.6 Å². The standard InChI is InChI=1S/C28H36F3NO/c1-19-8-13-24(14-9-19)33-26-15-12-21-11-10-20(18-25(21)27(26)28(29,30)31)16-17-32-22-4-2-5-23(32)7-3-6-22/h10-12,15,18-19,22-24H,2-9,13-14,16-17H2,1H3. The molecule has 5 heteroatoms. The SMILES string of the molecule is CC1CCC(Oc2ccc3ccc(CCN4C5CCCC4CCC5)cc3c2C(F)(F)F)CC1. The van der Waals surface area contributed by atoms with Crippen LogP contribution in [-0.2, 0) is 12.6 Å². The van der Waals surface area contributed by atoms with Gasteiger partial charge < -0.3 is 4.74 Å². The van der Waals surface area contributed by atoms with Crippen LogP contribution < -0.4 is 4.74 Å². The number of piperidine rings is 2. The molecule has 0 spiro atoms. The zero-order valence-corrected chi connectivity index (χ0v) is 19.7. The zero-order chi connectivity index (χ0) is 23.0. The van der Waals surface area contributed by atoms with Crippen LogP contribution in [0.15, 0.2) is 30.3 Å². The Labute approximate surface area is 195 Å². The molecule has 1 aliphatic carbocycles. The number of benzene rings is 2. The first-order valence-corrected chi connectivity index (χ1v) is 12.9. The molecule has 2 aromatic carbocycles. The summed E-state index contributed by atoms with van der Waals surface area (Å²) in [4.78, 5) is 2.64. The Morgan fingerprint density at radius 3 is 2.15 bits per heavy atom. The van der Waals surface area contributed by atoms with Gasteiger partial charge in [0.2, 0.25) is 0 Å². The van der Waals surface area contributed by atoms with E-state index in [0.29, 0.717) is 23.4 Å². The van der Waals surface area contributed by atoms with Gasteiger partial charge in [0.25, 0.3) is 0 Å². The molecule has 0 aromatic heterocycles. The smallest absolute Gasteiger partial charge is 0.420 e. The Bertz CT molecular complexity index is 942. The summed E-state index contributed by atoms with van der Waals surface area (Å²) in [6, 6.07) is 10.3. The lowest BCUT2D eigenvalue weighted by Gasteiger charge is -2.46. The van der Waals surface area contributed by atoms with Crippen LogP contribution in [0.5, 0.6) is 5.75 Å². The number of ether oxygens (including phenoxy) is 1. The fourth-order valence-corrected chi connectivity index (χ4v) is 6.47. The van der Waals surface area contributed by atoms with Gasteiger partial charge in [-0.15, -0.1) is 0 Å². The highest BCUT2D eigenvalue weighted by Crippen LogP contribution is 2.43. The monoisotopic (exact) mass is 459 g/mol. The van der Waals surface area contributed by atoms with E-state index in [9.17, 15) is 13.2 Å². The molecule has 3 fully saturated rings. The van der Waals surface area contributed by atoms with Gasteiger partial charge in [-0.3, -0.25) is 4.90 Å². The minimum Gasteiger partial charge on any atom is -0.490 e. The van der Waals surface area contributed by atoms with Crippen molar-refractivity contribution in [3.63, 3.8) is 0 Å². The van der Waals surface area contributed by atoms with Gasteiger partial charge in [-0.2, -0.15) is 13.2 Å². The first-order valence-electron chi connectivity index (χ1n) is 12.9. The second kappa shape index (κ2) is 9.48. The topological polar surface area (TPSA) is 12.5 Å². The average molecular weight is 460 g/mol. The molecule has 1 saturated carbocycles. The molecule has 2 saturated heterocycles. The summed E-state index contributed by atoms with van der Waals surface area (Å²) in [6.07, 6.45) is 7.64. The van der Waals surface area contributed by atoms with E-state index < -0.39 is 11.7 Å². The number of fused-ring (bicyclic) bond motifs is 3. The van der Waals surface area contributed by atoms with E-state index >= 15 is 0 Å². The lowest BCUT2D eigenvalue weighted by molar-refractivity contribution is -0.138. The Hall–Kier alpha value is -1.75. The molecular formula is C28H36F3NO. The maximum absolute atomic E-state index is 14.3. The van der Waals surface area contributed by atoms with Gasteiger partial charge in [0.05, 0.1) is 6.10 Å². The quantitative estimate of drug-likeness (QED) is 0.453. The van der Waals surface area contributed by atoms with Crippen molar-refractivity contribution in [3.05, 3.63) is 41.5 Å². The van der Waals surface area contributed by atoms with Crippen LogP contribution in [0.1, 0.15) is 82.3 Å². The van der Waals surface area contributed by atoms with Crippen molar-refractivity contribution < 1.29 is 17.9 Å². The highest BCUT2D eigenvalue weighted by atomic mass is 19.4. The normalized spacial score (nSPS) is 28.7. The number of halogens is 3. The number of hydrogen-bond donors (Lipinski definition) is 0. The van der Waals surface area contributed by atoms with Crippen LogP contribution >= 0.6 is 0 Å². The number of hydrogen-bond acceptors (Lipinski definition) is 2. The highest BCUT2D eigenvalue weighted by Gasteiger charge is 2.38.